The molecule has 29 heavy (non-hydrogen) atoms. The zero-order valence-corrected chi connectivity index (χ0v) is 17.3. The van der Waals surface area contributed by atoms with E-state index in [0.29, 0.717) is 12.5 Å². The molecule has 2 saturated heterocycles. The summed E-state index contributed by atoms with van der Waals surface area (Å²) in [5.41, 5.74) is 2.36. The topological polar surface area (TPSA) is 63.9 Å². The van der Waals surface area contributed by atoms with Crippen LogP contribution in [0.1, 0.15) is 36.7 Å². The summed E-state index contributed by atoms with van der Waals surface area (Å²) in [5.74, 6) is 1.37. The van der Waals surface area contributed by atoms with E-state index < -0.39 is 0 Å². The van der Waals surface area contributed by atoms with Crippen molar-refractivity contribution < 1.29 is 9.47 Å². The number of aryl methyl sites for hydroxylation is 1. The molecule has 1 N–H and O–H groups in total. The molecule has 1 aromatic carbocycles. The Labute approximate surface area is 172 Å². The first-order valence-corrected chi connectivity index (χ1v) is 10.5. The minimum Gasteiger partial charge on any atom is -0.373 e. The number of rotatable bonds is 5. The van der Waals surface area contributed by atoms with E-state index in [1.165, 1.54) is 5.56 Å². The van der Waals surface area contributed by atoms with Gasteiger partial charge in [-0.05, 0) is 18.9 Å². The minimum atomic E-state index is 0.0215. The summed E-state index contributed by atoms with van der Waals surface area (Å²) in [6.45, 7) is 6.82. The van der Waals surface area contributed by atoms with Gasteiger partial charge in [0.15, 0.2) is 5.96 Å². The van der Waals surface area contributed by atoms with E-state index in [4.69, 9.17) is 14.5 Å². The lowest BCUT2D eigenvalue weighted by Gasteiger charge is -2.35. The monoisotopic (exact) mass is 397 g/mol. The van der Waals surface area contributed by atoms with E-state index in [0.717, 1.165) is 50.7 Å². The lowest BCUT2D eigenvalue weighted by Crippen LogP contribution is -2.48. The number of nitrogens with one attached hydrogen (secondary N) is 1. The van der Waals surface area contributed by atoms with Gasteiger partial charge in [0.25, 0.3) is 0 Å². The van der Waals surface area contributed by atoms with Crippen LogP contribution in [0.5, 0.6) is 0 Å². The molecule has 0 radical (unpaired) electrons. The quantitative estimate of drug-likeness (QED) is 0.621. The number of benzene rings is 1. The number of morpholine rings is 1. The van der Waals surface area contributed by atoms with Crippen LogP contribution in [0.2, 0.25) is 0 Å². The Hall–Kier alpha value is -2.38. The average molecular weight is 398 g/mol. The first-order valence-electron chi connectivity index (χ1n) is 10.5. The van der Waals surface area contributed by atoms with Crippen molar-refractivity contribution in [3.8, 4) is 0 Å². The predicted octanol–water partition coefficient (Wildman–Crippen LogP) is 2.54. The normalized spacial score (nSPS) is 25.4. The molecular weight excluding hydrogens is 366 g/mol. The van der Waals surface area contributed by atoms with Crippen LogP contribution in [-0.4, -0.2) is 60.0 Å². The average Bonchev–Trinajstić information content (AvgIpc) is 3.41. The number of guanidine groups is 1. The minimum absolute atomic E-state index is 0.0215. The van der Waals surface area contributed by atoms with Crippen molar-refractivity contribution in [2.45, 2.75) is 25.6 Å². The molecule has 2 aliphatic heterocycles. The number of nitrogens with zero attached hydrogens (tertiary/aromatic N) is 4. The van der Waals surface area contributed by atoms with E-state index >= 15 is 0 Å². The maximum Gasteiger partial charge on any atom is 0.194 e. The second-order valence-electron chi connectivity index (χ2n) is 7.70. The van der Waals surface area contributed by atoms with Crippen molar-refractivity contribution in [2.24, 2.45) is 18.0 Å². The molecule has 3 atom stereocenters. The van der Waals surface area contributed by atoms with E-state index in [9.17, 15) is 0 Å². The Morgan fingerprint density at radius 2 is 2.07 bits per heavy atom. The molecule has 2 aliphatic rings. The van der Waals surface area contributed by atoms with Crippen LogP contribution in [0.3, 0.4) is 0 Å². The summed E-state index contributed by atoms with van der Waals surface area (Å²) < 4.78 is 13.8. The fraction of sp³-hybridized carbons (Fsp3) is 0.545. The maximum atomic E-state index is 6.03. The number of ether oxygens (including phenoxy) is 2. The molecule has 2 aromatic rings. The Kier molecular flexibility index (Phi) is 6.46. The first kappa shape index (κ1) is 19.9. The van der Waals surface area contributed by atoms with E-state index in [2.05, 4.69) is 46.5 Å². The van der Waals surface area contributed by atoms with Gasteiger partial charge >= 0.3 is 0 Å². The SMILES string of the molecule is CCNC(=NCC1CCOC1c1ccccc1)N1CCOC(c2cnn(C)c2)C1. The third-order valence-corrected chi connectivity index (χ3v) is 5.62. The highest BCUT2D eigenvalue weighted by Gasteiger charge is 2.30. The van der Waals surface area contributed by atoms with Crippen LogP contribution in [0, 0.1) is 5.92 Å². The van der Waals surface area contributed by atoms with Crippen LogP contribution < -0.4 is 5.32 Å². The van der Waals surface area contributed by atoms with Crippen LogP contribution in [0.15, 0.2) is 47.7 Å². The van der Waals surface area contributed by atoms with Gasteiger partial charge in [-0.25, -0.2) is 0 Å². The highest BCUT2D eigenvalue weighted by atomic mass is 16.5. The predicted molar refractivity (Wildman–Crippen MR) is 113 cm³/mol. The van der Waals surface area contributed by atoms with E-state index in [1.54, 1.807) is 0 Å². The first-order chi connectivity index (χ1) is 14.2. The van der Waals surface area contributed by atoms with Crippen LogP contribution >= 0.6 is 0 Å². The number of hydrogen-bond donors (Lipinski definition) is 1. The van der Waals surface area contributed by atoms with Gasteiger partial charge in [0.05, 0.1) is 25.5 Å². The number of aromatic nitrogens is 2. The van der Waals surface area contributed by atoms with Crippen molar-refractivity contribution in [2.75, 3.05) is 39.4 Å². The van der Waals surface area contributed by atoms with E-state index in [1.807, 2.05) is 30.2 Å². The summed E-state index contributed by atoms with van der Waals surface area (Å²) in [6.07, 6.45) is 5.12. The molecule has 3 unspecified atom stereocenters. The van der Waals surface area contributed by atoms with Crippen LogP contribution in [-0.2, 0) is 16.5 Å². The maximum absolute atomic E-state index is 6.03. The lowest BCUT2D eigenvalue weighted by atomic mass is 9.95. The molecule has 0 saturated carbocycles. The van der Waals surface area contributed by atoms with Crippen molar-refractivity contribution in [1.29, 1.82) is 0 Å². The van der Waals surface area contributed by atoms with Crippen LogP contribution in [0.25, 0.3) is 0 Å². The van der Waals surface area contributed by atoms with Crippen molar-refractivity contribution in [1.82, 2.24) is 20.0 Å². The fourth-order valence-corrected chi connectivity index (χ4v) is 4.11. The van der Waals surface area contributed by atoms with Gasteiger partial charge in [-0.1, -0.05) is 30.3 Å². The fourth-order valence-electron chi connectivity index (χ4n) is 4.11. The lowest BCUT2D eigenvalue weighted by molar-refractivity contribution is -0.00809. The molecule has 0 aliphatic carbocycles. The van der Waals surface area contributed by atoms with Crippen molar-refractivity contribution in [3.05, 3.63) is 53.9 Å². The van der Waals surface area contributed by atoms with Gasteiger partial charge in [0, 0.05) is 51.0 Å². The standard InChI is InChI=1S/C22H31N5O2/c1-3-23-22(27-10-12-28-20(16-27)19-14-25-26(2)15-19)24-13-18-9-11-29-21(18)17-7-5-4-6-8-17/h4-8,14-15,18,20-21H,3,9-13,16H2,1-2H3,(H,23,24). The van der Waals surface area contributed by atoms with Crippen molar-refractivity contribution >= 4 is 5.96 Å². The molecule has 156 valence electrons. The summed E-state index contributed by atoms with van der Waals surface area (Å²) >= 11 is 0. The Morgan fingerprint density at radius 3 is 2.83 bits per heavy atom. The molecular formula is C22H31N5O2. The second kappa shape index (κ2) is 9.41. The zero-order chi connectivity index (χ0) is 20.1. The molecule has 2 fully saturated rings. The molecule has 7 nitrogen and oxygen atoms in total. The van der Waals surface area contributed by atoms with Gasteiger partial charge in [-0.3, -0.25) is 9.67 Å². The number of aliphatic imine (C=N–C) groups is 1. The largest absolute Gasteiger partial charge is 0.373 e. The van der Waals surface area contributed by atoms with Gasteiger partial charge in [0.1, 0.15) is 6.10 Å². The third-order valence-electron chi connectivity index (χ3n) is 5.62. The zero-order valence-electron chi connectivity index (χ0n) is 17.3. The summed E-state index contributed by atoms with van der Waals surface area (Å²) in [5, 5.41) is 7.75. The smallest absolute Gasteiger partial charge is 0.194 e. The molecule has 3 heterocycles. The number of hydrogen-bond acceptors (Lipinski definition) is 4. The molecule has 0 spiro atoms. The Bertz CT molecular complexity index is 807. The van der Waals surface area contributed by atoms with Crippen molar-refractivity contribution in [3.63, 3.8) is 0 Å². The highest BCUT2D eigenvalue weighted by molar-refractivity contribution is 5.80. The van der Waals surface area contributed by atoms with Crippen LogP contribution in [0.4, 0.5) is 0 Å². The van der Waals surface area contributed by atoms with Gasteiger partial charge < -0.3 is 19.7 Å². The second-order valence-corrected chi connectivity index (χ2v) is 7.70. The Morgan fingerprint density at radius 1 is 1.21 bits per heavy atom. The van der Waals surface area contributed by atoms with Gasteiger partial charge in [0.2, 0.25) is 0 Å². The third kappa shape index (κ3) is 4.79. The van der Waals surface area contributed by atoms with Gasteiger partial charge in [-0.15, -0.1) is 0 Å². The molecule has 7 heteroatoms. The molecule has 4 rings (SSSR count). The summed E-state index contributed by atoms with van der Waals surface area (Å²) in [6, 6.07) is 10.5. The van der Waals surface area contributed by atoms with E-state index in [-0.39, 0.29) is 12.2 Å². The highest BCUT2D eigenvalue weighted by Crippen LogP contribution is 2.34. The Balaban J connectivity index is 1.44. The molecule has 1 aromatic heterocycles. The molecule has 0 amide bonds. The van der Waals surface area contributed by atoms with Gasteiger partial charge in [-0.2, -0.15) is 5.10 Å². The molecule has 0 bridgehead atoms. The summed E-state index contributed by atoms with van der Waals surface area (Å²) in [7, 11) is 1.93. The summed E-state index contributed by atoms with van der Waals surface area (Å²) in [4.78, 5) is 7.31.